The van der Waals surface area contributed by atoms with E-state index in [1.807, 2.05) is 29.3 Å². The second kappa shape index (κ2) is 7.05. The van der Waals surface area contributed by atoms with Crippen LogP contribution in [0.25, 0.3) is 43.9 Å². The fourth-order valence-electron chi connectivity index (χ4n) is 4.83. The lowest BCUT2D eigenvalue weighted by Crippen LogP contribution is -1.95. The number of nitrogens with one attached hydrogen (secondary N) is 1. The third-order valence-corrected chi connectivity index (χ3v) is 7.76. The minimum Gasteiger partial charge on any atom is -0.350 e. The number of fused-ring (bicyclic) bond motifs is 4. The van der Waals surface area contributed by atoms with Gasteiger partial charge in [-0.3, -0.25) is 9.78 Å². The molecule has 4 heterocycles. The van der Waals surface area contributed by atoms with Crippen molar-refractivity contribution in [3.63, 3.8) is 0 Å². The summed E-state index contributed by atoms with van der Waals surface area (Å²) in [5.74, 6) is 0. The summed E-state index contributed by atoms with van der Waals surface area (Å²) in [6.07, 6.45) is 7.03. The first-order chi connectivity index (χ1) is 16.2. The maximum atomic E-state index is 4.70. The number of hydrogen-bond acceptors (Lipinski definition) is 3. The molecule has 0 spiro atoms. The molecule has 6 aromatic rings. The number of rotatable bonds is 4. The van der Waals surface area contributed by atoms with Crippen molar-refractivity contribution in [1.82, 2.24) is 24.5 Å². The maximum Gasteiger partial charge on any atom is 0.0963 e. The molecule has 0 saturated heterocycles. The van der Waals surface area contributed by atoms with Crippen LogP contribution >= 0.6 is 11.3 Å². The van der Waals surface area contributed by atoms with Crippen LogP contribution in [0, 0.1) is 0 Å². The zero-order chi connectivity index (χ0) is 21.9. The Hall–Kier alpha value is -3.90. The molecule has 1 N–H and O–H groups in total. The van der Waals surface area contributed by atoms with Gasteiger partial charge in [0.2, 0.25) is 0 Å². The Labute approximate surface area is 194 Å². The predicted octanol–water partition coefficient (Wildman–Crippen LogP) is 6.11. The van der Waals surface area contributed by atoms with E-state index in [1.54, 1.807) is 0 Å². The van der Waals surface area contributed by atoms with Crippen molar-refractivity contribution in [2.45, 2.75) is 13.0 Å². The minimum atomic E-state index is 0.902. The van der Waals surface area contributed by atoms with E-state index in [0.717, 1.165) is 40.8 Å². The average molecular weight is 448 g/mol. The highest BCUT2D eigenvalue weighted by Crippen LogP contribution is 2.46. The Bertz CT molecular complexity index is 1610. The third-order valence-electron chi connectivity index (χ3n) is 6.58. The predicted molar refractivity (Wildman–Crippen MR) is 133 cm³/mol. The van der Waals surface area contributed by atoms with Crippen LogP contribution in [-0.4, -0.2) is 24.5 Å². The molecule has 33 heavy (non-hydrogen) atoms. The van der Waals surface area contributed by atoms with Gasteiger partial charge in [0.1, 0.15) is 0 Å². The lowest BCUT2D eigenvalue weighted by atomic mass is 10.0. The quantitative estimate of drug-likeness (QED) is 0.354. The molecule has 160 valence electrons. The van der Waals surface area contributed by atoms with E-state index in [0.29, 0.717) is 0 Å². The second-order valence-electron chi connectivity index (χ2n) is 8.64. The molecule has 6 heteroatoms. The normalized spacial score (nSPS) is 12.4. The Morgan fingerprint density at radius 2 is 1.82 bits per heavy atom. The van der Waals surface area contributed by atoms with Crippen molar-refractivity contribution in [3.8, 4) is 33.0 Å². The number of H-pyrrole nitrogens is 1. The fourth-order valence-corrected chi connectivity index (χ4v) is 6.01. The molecule has 2 aromatic carbocycles. The monoisotopic (exact) mass is 447 g/mol. The van der Waals surface area contributed by atoms with Gasteiger partial charge in [-0.1, -0.05) is 36.4 Å². The number of thiophene rings is 1. The molecule has 1 aliphatic rings. The van der Waals surface area contributed by atoms with Crippen molar-refractivity contribution in [1.29, 1.82) is 0 Å². The highest BCUT2D eigenvalue weighted by atomic mass is 32.1. The van der Waals surface area contributed by atoms with Gasteiger partial charge in [0.15, 0.2) is 0 Å². The smallest absolute Gasteiger partial charge is 0.0963 e. The van der Waals surface area contributed by atoms with Crippen molar-refractivity contribution in [3.05, 3.63) is 95.3 Å². The molecule has 0 radical (unpaired) electrons. The molecule has 5 nitrogen and oxygen atoms in total. The fraction of sp³-hybridized carbons (Fsp3) is 0.111. The van der Waals surface area contributed by atoms with Crippen LogP contribution in [0.15, 0.2) is 79.3 Å². The van der Waals surface area contributed by atoms with Gasteiger partial charge in [-0.2, -0.15) is 10.2 Å². The standard InChI is InChI=1S/C27H21N5S/c1-31-23-12-19(8-9-20(23)15-28-31)26-22-14-25-21(27(22)30-29-26)13-24(33-25)18-6-4-17(5-7-18)16-32-10-2-3-11-32/h2-13,15H,14,16H2,1H3,(H,29,30). The summed E-state index contributed by atoms with van der Waals surface area (Å²) in [6.45, 7) is 0.902. The second-order valence-corrected chi connectivity index (χ2v) is 9.78. The average Bonchev–Trinajstić information content (AvgIpc) is 3.63. The Kier molecular flexibility index (Phi) is 3.98. The van der Waals surface area contributed by atoms with Crippen LogP contribution in [0.5, 0.6) is 0 Å². The molecule has 4 aromatic heterocycles. The van der Waals surface area contributed by atoms with Crippen LogP contribution < -0.4 is 0 Å². The number of hydrogen-bond donors (Lipinski definition) is 1. The van der Waals surface area contributed by atoms with Crippen LogP contribution in [0.1, 0.15) is 16.0 Å². The summed E-state index contributed by atoms with van der Waals surface area (Å²) in [4.78, 5) is 2.72. The van der Waals surface area contributed by atoms with Crippen molar-refractivity contribution >= 4 is 22.2 Å². The Morgan fingerprint density at radius 3 is 2.67 bits per heavy atom. The van der Waals surface area contributed by atoms with Gasteiger partial charge >= 0.3 is 0 Å². The van der Waals surface area contributed by atoms with Gasteiger partial charge in [0.25, 0.3) is 0 Å². The molecule has 7 rings (SSSR count). The van der Waals surface area contributed by atoms with E-state index in [9.17, 15) is 0 Å². The highest BCUT2D eigenvalue weighted by Gasteiger charge is 2.28. The number of aromatic nitrogens is 5. The van der Waals surface area contributed by atoms with Crippen molar-refractivity contribution in [2.75, 3.05) is 0 Å². The number of aryl methyl sites for hydroxylation is 1. The molecule has 1 aliphatic carbocycles. The summed E-state index contributed by atoms with van der Waals surface area (Å²) in [6, 6.07) is 21.8. The van der Waals surface area contributed by atoms with Crippen molar-refractivity contribution < 1.29 is 0 Å². The summed E-state index contributed by atoms with van der Waals surface area (Å²) >= 11 is 1.89. The summed E-state index contributed by atoms with van der Waals surface area (Å²) in [7, 11) is 1.98. The summed E-state index contributed by atoms with van der Waals surface area (Å²) < 4.78 is 4.11. The first kappa shape index (κ1) is 18.7. The van der Waals surface area contributed by atoms with Crippen LogP contribution in [0.2, 0.25) is 0 Å². The number of aromatic amines is 1. The van der Waals surface area contributed by atoms with Gasteiger partial charge in [0, 0.05) is 64.2 Å². The van der Waals surface area contributed by atoms with Gasteiger partial charge < -0.3 is 4.57 Å². The molecule has 0 saturated carbocycles. The number of benzene rings is 2. The minimum absolute atomic E-state index is 0.902. The topological polar surface area (TPSA) is 51.4 Å². The van der Waals surface area contributed by atoms with Crippen LogP contribution in [0.4, 0.5) is 0 Å². The molecule has 0 unspecified atom stereocenters. The molecular weight excluding hydrogens is 426 g/mol. The van der Waals surface area contributed by atoms with E-state index >= 15 is 0 Å². The first-order valence-electron chi connectivity index (χ1n) is 11.1. The first-order valence-corrected chi connectivity index (χ1v) is 11.9. The SMILES string of the molecule is Cn1ncc2ccc(-c3n[nH]c4c3Cc3sc(-c5ccc(Cn6cccc6)cc5)cc3-4)cc21. The van der Waals surface area contributed by atoms with E-state index in [2.05, 4.69) is 87.8 Å². The summed E-state index contributed by atoms with van der Waals surface area (Å²) in [5, 5.41) is 13.5. The van der Waals surface area contributed by atoms with Crippen LogP contribution in [-0.2, 0) is 20.0 Å². The summed E-state index contributed by atoms with van der Waals surface area (Å²) in [5.41, 5.74) is 9.65. The van der Waals surface area contributed by atoms with Gasteiger partial charge in [-0.05, 0) is 35.4 Å². The molecule has 0 fully saturated rings. The van der Waals surface area contributed by atoms with Crippen LogP contribution in [0.3, 0.4) is 0 Å². The van der Waals surface area contributed by atoms with E-state index in [4.69, 9.17) is 5.10 Å². The van der Waals surface area contributed by atoms with Gasteiger partial charge in [-0.25, -0.2) is 0 Å². The largest absolute Gasteiger partial charge is 0.350 e. The maximum absolute atomic E-state index is 4.70. The molecule has 0 aliphatic heterocycles. The third kappa shape index (κ3) is 2.98. The van der Waals surface area contributed by atoms with E-state index in [-0.39, 0.29) is 0 Å². The zero-order valence-electron chi connectivity index (χ0n) is 18.1. The molecule has 0 atom stereocenters. The van der Waals surface area contributed by atoms with Gasteiger partial charge in [-0.15, -0.1) is 11.3 Å². The Morgan fingerprint density at radius 1 is 1.00 bits per heavy atom. The Balaban J connectivity index is 1.19. The molecular formula is C27H21N5S. The lowest BCUT2D eigenvalue weighted by molar-refractivity contribution is 0.797. The van der Waals surface area contributed by atoms with E-state index in [1.165, 1.54) is 32.0 Å². The molecule has 0 bridgehead atoms. The van der Waals surface area contributed by atoms with Gasteiger partial charge in [0.05, 0.1) is 23.1 Å². The van der Waals surface area contributed by atoms with Crippen molar-refractivity contribution in [2.24, 2.45) is 7.05 Å². The van der Waals surface area contributed by atoms with E-state index < -0.39 is 0 Å². The molecule has 0 amide bonds. The highest BCUT2D eigenvalue weighted by molar-refractivity contribution is 7.16. The lowest BCUT2D eigenvalue weighted by Gasteiger charge is -2.05. The number of nitrogens with zero attached hydrogens (tertiary/aromatic N) is 4. The zero-order valence-corrected chi connectivity index (χ0v) is 18.9.